The maximum atomic E-state index is 2.52. The fraction of sp³-hybridized carbons (Fsp3) is 0.647. The molecular weight excluding hydrogens is 218 g/mol. The van der Waals surface area contributed by atoms with Crippen molar-refractivity contribution < 1.29 is 0 Å². The van der Waals surface area contributed by atoms with E-state index in [0.29, 0.717) is 0 Å². The van der Waals surface area contributed by atoms with Crippen molar-refractivity contribution in [2.24, 2.45) is 0 Å². The maximum Gasteiger partial charge on any atom is 0.0366 e. The number of benzene rings is 1. The summed E-state index contributed by atoms with van der Waals surface area (Å²) in [6.07, 6.45) is 5.12. The van der Waals surface area contributed by atoms with Crippen molar-refractivity contribution in [2.75, 3.05) is 18.0 Å². The molecule has 0 bridgehead atoms. The molecule has 1 aromatic rings. The summed E-state index contributed by atoms with van der Waals surface area (Å²) in [5.41, 5.74) is 2.72. The lowest BCUT2D eigenvalue weighted by Crippen LogP contribution is -2.25. The van der Waals surface area contributed by atoms with Gasteiger partial charge in [0.1, 0.15) is 0 Å². The summed E-state index contributed by atoms with van der Waals surface area (Å²) in [5, 5.41) is 0. The van der Waals surface area contributed by atoms with E-state index in [-0.39, 0.29) is 0 Å². The molecule has 0 N–H and O–H groups in total. The molecule has 0 saturated carbocycles. The highest BCUT2D eigenvalue weighted by Gasteiger charge is 2.04. The van der Waals surface area contributed by atoms with Crippen LogP contribution in [0, 0.1) is 6.92 Å². The van der Waals surface area contributed by atoms with Crippen LogP contribution in [-0.2, 0) is 0 Å². The fourth-order valence-electron chi connectivity index (χ4n) is 1.82. The van der Waals surface area contributed by atoms with E-state index >= 15 is 0 Å². The van der Waals surface area contributed by atoms with Gasteiger partial charge >= 0.3 is 0 Å². The van der Waals surface area contributed by atoms with E-state index in [0.717, 1.165) is 0 Å². The molecule has 0 atom stereocenters. The zero-order valence-electron chi connectivity index (χ0n) is 13.0. The third-order valence-electron chi connectivity index (χ3n) is 2.96. The largest absolute Gasteiger partial charge is 0.372 e. The number of anilines is 1. The van der Waals surface area contributed by atoms with Crippen molar-refractivity contribution in [1.29, 1.82) is 0 Å². The molecule has 0 radical (unpaired) electrons. The number of rotatable bonds is 7. The first-order valence-electron chi connectivity index (χ1n) is 7.59. The van der Waals surface area contributed by atoms with Crippen molar-refractivity contribution >= 4 is 5.69 Å². The quantitative estimate of drug-likeness (QED) is 0.623. The second kappa shape index (κ2) is 11.1. The average molecular weight is 249 g/mol. The Morgan fingerprint density at radius 2 is 1.28 bits per heavy atom. The third-order valence-corrected chi connectivity index (χ3v) is 2.96. The lowest BCUT2D eigenvalue weighted by Gasteiger charge is -2.24. The Kier molecular flexibility index (Phi) is 10.5. The number of hydrogen-bond acceptors (Lipinski definition) is 1. The van der Waals surface area contributed by atoms with Crippen LogP contribution in [0.25, 0.3) is 0 Å². The Labute approximate surface area is 114 Å². The van der Waals surface area contributed by atoms with Gasteiger partial charge in [-0.15, -0.1) is 0 Å². The summed E-state index contributed by atoms with van der Waals surface area (Å²) in [6, 6.07) is 8.92. The Hall–Kier alpha value is -0.980. The van der Waals surface area contributed by atoms with Gasteiger partial charge in [-0.3, -0.25) is 0 Å². The summed E-state index contributed by atoms with van der Waals surface area (Å²) < 4.78 is 0. The van der Waals surface area contributed by atoms with Crippen LogP contribution < -0.4 is 4.90 Å². The van der Waals surface area contributed by atoms with Gasteiger partial charge < -0.3 is 4.90 Å². The monoisotopic (exact) mass is 249 g/mol. The zero-order valence-corrected chi connectivity index (χ0v) is 13.0. The summed E-state index contributed by atoms with van der Waals surface area (Å²) >= 11 is 0. The summed E-state index contributed by atoms with van der Waals surface area (Å²) in [4.78, 5) is 2.52. The molecule has 0 aliphatic rings. The molecule has 0 unspecified atom stereocenters. The van der Waals surface area contributed by atoms with Crippen LogP contribution in [-0.4, -0.2) is 13.1 Å². The molecule has 1 heteroatoms. The van der Waals surface area contributed by atoms with Gasteiger partial charge in [0, 0.05) is 18.8 Å². The first kappa shape index (κ1) is 17.0. The molecule has 1 aromatic carbocycles. The predicted molar refractivity (Wildman–Crippen MR) is 84.6 cm³/mol. The van der Waals surface area contributed by atoms with Crippen molar-refractivity contribution in [1.82, 2.24) is 0 Å². The molecular formula is C17H31N. The Morgan fingerprint density at radius 3 is 1.67 bits per heavy atom. The number of nitrogens with zero attached hydrogens (tertiary/aromatic N) is 1. The SMILES string of the molecule is CC.CCCCN(CCCC)c1ccc(C)cc1. The lowest BCUT2D eigenvalue weighted by molar-refractivity contribution is 0.678. The molecule has 0 amide bonds. The molecule has 104 valence electrons. The standard InChI is InChI=1S/C15H25N.C2H6/c1-4-6-12-16(13-7-5-2)15-10-8-14(3)9-11-15;1-2/h8-11H,4-7,12-13H2,1-3H3;1-2H3. The maximum absolute atomic E-state index is 2.52. The van der Waals surface area contributed by atoms with E-state index < -0.39 is 0 Å². The lowest BCUT2D eigenvalue weighted by atomic mass is 10.2. The Morgan fingerprint density at radius 1 is 0.833 bits per heavy atom. The highest BCUT2D eigenvalue weighted by Crippen LogP contribution is 2.16. The number of unbranched alkanes of at least 4 members (excludes halogenated alkanes) is 2. The smallest absolute Gasteiger partial charge is 0.0366 e. The van der Waals surface area contributed by atoms with Crippen molar-refractivity contribution in [3.05, 3.63) is 29.8 Å². The van der Waals surface area contributed by atoms with Crippen LogP contribution in [0.1, 0.15) is 58.9 Å². The molecule has 0 fully saturated rings. The minimum atomic E-state index is 1.19. The minimum Gasteiger partial charge on any atom is -0.372 e. The molecule has 1 nitrogen and oxygen atoms in total. The zero-order chi connectivity index (χ0) is 13.8. The molecule has 0 spiro atoms. The van der Waals surface area contributed by atoms with Crippen LogP contribution in [0.15, 0.2) is 24.3 Å². The van der Waals surface area contributed by atoms with Gasteiger partial charge in [-0.05, 0) is 31.9 Å². The van der Waals surface area contributed by atoms with Crippen LogP contribution in [0.3, 0.4) is 0 Å². The first-order chi connectivity index (χ1) is 8.77. The van der Waals surface area contributed by atoms with Crippen LogP contribution >= 0.6 is 0 Å². The van der Waals surface area contributed by atoms with Gasteiger partial charge in [0.2, 0.25) is 0 Å². The summed E-state index contributed by atoms with van der Waals surface area (Å²) in [7, 11) is 0. The van der Waals surface area contributed by atoms with E-state index in [1.54, 1.807) is 0 Å². The van der Waals surface area contributed by atoms with Gasteiger partial charge in [-0.25, -0.2) is 0 Å². The third kappa shape index (κ3) is 6.68. The minimum absolute atomic E-state index is 1.19. The molecule has 0 heterocycles. The van der Waals surface area contributed by atoms with Gasteiger partial charge in [-0.2, -0.15) is 0 Å². The average Bonchev–Trinajstić information content (AvgIpc) is 2.43. The second-order valence-electron chi connectivity index (χ2n) is 4.53. The first-order valence-corrected chi connectivity index (χ1v) is 7.59. The normalized spacial score (nSPS) is 9.61. The molecule has 1 rings (SSSR count). The Bertz CT molecular complexity index is 268. The fourth-order valence-corrected chi connectivity index (χ4v) is 1.82. The molecule has 0 aliphatic heterocycles. The Balaban J connectivity index is 0.00000137. The van der Waals surface area contributed by atoms with Gasteiger partial charge in [0.05, 0.1) is 0 Å². The van der Waals surface area contributed by atoms with E-state index in [1.165, 1.54) is 50.0 Å². The van der Waals surface area contributed by atoms with Crippen LogP contribution in [0.4, 0.5) is 5.69 Å². The topological polar surface area (TPSA) is 3.24 Å². The number of hydrogen-bond donors (Lipinski definition) is 0. The van der Waals surface area contributed by atoms with Crippen molar-refractivity contribution in [3.63, 3.8) is 0 Å². The highest BCUT2D eigenvalue weighted by atomic mass is 15.1. The summed E-state index contributed by atoms with van der Waals surface area (Å²) in [5.74, 6) is 0. The molecule has 18 heavy (non-hydrogen) atoms. The van der Waals surface area contributed by atoms with Gasteiger partial charge in [0.25, 0.3) is 0 Å². The van der Waals surface area contributed by atoms with Gasteiger partial charge in [0.15, 0.2) is 0 Å². The summed E-state index contributed by atoms with van der Waals surface area (Å²) in [6.45, 7) is 13.0. The highest BCUT2D eigenvalue weighted by molar-refractivity contribution is 5.47. The van der Waals surface area contributed by atoms with E-state index in [9.17, 15) is 0 Å². The molecule has 0 aromatic heterocycles. The van der Waals surface area contributed by atoms with Gasteiger partial charge in [-0.1, -0.05) is 58.2 Å². The molecule has 0 saturated heterocycles. The van der Waals surface area contributed by atoms with Crippen molar-refractivity contribution in [2.45, 2.75) is 60.3 Å². The van der Waals surface area contributed by atoms with E-state index in [4.69, 9.17) is 0 Å². The van der Waals surface area contributed by atoms with E-state index in [2.05, 4.69) is 49.9 Å². The van der Waals surface area contributed by atoms with Crippen LogP contribution in [0.2, 0.25) is 0 Å². The second-order valence-corrected chi connectivity index (χ2v) is 4.53. The number of aryl methyl sites for hydroxylation is 1. The van der Waals surface area contributed by atoms with E-state index in [1.807, 2.05) is 13.8 Å². The molecule has 0 aliphatic carbocycles. The predicted octanol–water partition coefficient (Wildman–Crippen LogP) is 5.43. The van der Waals surface area contributed by atoms with Crippen LogP contribution in [0.5, 0.6) is 0 Å². The van der Waals surface area contributed by atoms with Crippen molar-refractivity contribution in [3.8, 4) is 0 Å².